The molecule has 0 amide bonds. The normalized spacial score (nSPS) is 11.1. The van der Waals surface area contributed by atoms with E-state index in [0.29, 0.717) is 23.5 Å². The molecule has 0 aliphatic rings. The van der Waals surface area contributed by atoms with E-state index in [-0.39, 0.29) is 5.82 Å². The zero-order valence-corrected chi connectivity index (χ0v) is 11.6. The molecule has 1 aromatic heterocycles. The van der Waals surface area contributed by atoms with E-state index in [4.69, 9.17) is 5.73 Å². The molecule has 0 aliphatic carbocycles. The molecule has 0 spiro atoms. The molecule has 0 unspecified atom stereocenters. The maximum absolute atomic E-state index is 13.4. The highest BCUT2D eigenvalue weighted by Gasteiger charge is 2.10. The standard InChI is InChI=1S/C14H11BrFN3/c15-11-4-2-1-3-9(11)8-19-13-7-10(16)5-6-12(13)18-14(19)17/h1-7H,8H2,(H2,17,18). The predicted octanol–water partition coefficient (Wildman–Crippen LogP) is 3.57. The maximum atomic E-state index is 13.4. The summed E-state index contributed by atoms with van der Waals surface area (Å²) >= 11 is 3.50. The molecule has 96 valence electrons. The number of hydrogen-bond donors (Lipinski definition) is 1. The van der Waals surface area contributed by atoms with Gasteiger partial charge in [-0.25, -0.2) is 9.37 Å². The highest BCUT2D eigenvalue weighted by atomic mass is 79.9. The van der Waals surface area contributed by atoms with Gasteiger partial charge in [0, 0.05) is 4.47 Å². The summed E-state index contributed by atoms with van der Waals surface area (Å²) in [5.41, 5.74) is 8.38. The van der Waals surface area contributed by atoms with Gasteiger partial charge in [-0.15, -0.1) is 0 Å². The number of rotatable bonds is 2. The molecule has 0 atom stereocenters. The van der Waals surface area contributed by atoms with Crippen molar-refractivity contribution >= 4 is 32.9 Å². The average molecular weight is 320 g/mol. The Bertz CT molecular complexity index is 752. The Morgan fingerprint density at radius 1 is 1.21 bits per heavy atom. The Kier molecular flexibility index (Phi) is 2.98. The number of nitrogens with two attached hydrogens (primary N) is 1. The predicted molar refractivity (Wildman–Crippen MR) is 77.3 cm³/mol. The number of benzene rings is 2. The summed E-state index contributed by atoms with van der Waals surface area (Å²) < 4.78 is 16.2. The molecule has 3 aromatic rings. The largest absolute Gasteiger partial charge is 0.369 e. The smallest absolute Gasteiger partial charge is 0.201 e. The molecule has 2 aromatic carbocycles. The van der Waals surface area contributed by atoms with Crippen LogP contribution in [0.4, 0.5) is 10.3 Å². The SMILES string of the molecule is Nc1nc2ccc(F)cc2n1Cc1ccccc1Br. The fourth-order valence-electron chi connectivity index (χ4n) is 2.08. The lowest BCUT2D eigenvalue weighted by Gasteiger charge is -2.08. The second-order valence-electron chi connectivity index (χ2n) is 4.28. The van der Waals surface area contributed by atoms with Crippen molar-refractivity contribution in [1.29, 1.82) is 0 Å². The average Bonchev–Trinajstić information content (AvgIpc) is 2.69. The third kappa shape index (κ3) is 2.21. The van der Waals surface area contributed by atoms with E-state index in [2.05, 4.69) is 20.9 Å². The van der Waals surface area contributed by atoms with Crippen LogP contribution in [0.25, 0.3) is 11.0 Å². The minimum Gasteiger partial charge on any atom is -0.369 e. The number of imidazole rings is 1. The van der Waals surface area contributed by atoms with Gasteiger partial charge >= 0.3 is 0 Å². The molecule has 0 aliphatic heterocycles. The Hall–Kier alpha value is -1.88. The topological polar surface area (TPSA) is 43.8 Å². The second-order valence-corrected chi connectivity index (χ2v) is 5.13. The lowest BCUT2D eigenvalue weighted by Crippen LogP contribution is -2.05. The second kappa shape index (κ2) is 4.66. The third-order valence-electron chi connectivity index (χ3n) is 3.03. The van der Waals surface area contributed by atoms with Gasteiger partial charge < -0.3 is 10.3 Å². The van der Waals surface area contributed by atoms with Gasteiger partial charge in [-0.1, -0.05) is 34.1 Å². The quantitative estimate of drug-likeness (QED) is 0.784. The summed E-state index contributed by atoms with van der Waals surface area (Å²) in [6.45, 7) is 0.549. The number of anilines is 1. The lowest BCUT2D eigenvalue weighted by molar-refractivity contribution is 0.628. The van der Waals surface area contributed by atoms with Crippen LogP contribution in [0.2, 0.25) is 0 Å². The van der Waals surface area contributed by atoms with Crippen molar-refractivity contribution in [3.05, 3.63) is 58.3 Å². The van der Waals surface area contributed by atoms with Crippen molar-refractivity contribution in [2.75, 3.05) is 5.73 Å². The van der Waals surface area contributed by atoms with Gasteiger partial charge in [0.05, 0.1) is 17.6 Å². The summed E-state index contributed by atoms with van der Waals surface area (Å²) in [5, 5.41) is 0. The highest BCUT2D eigenvalue weighted by Crippen LogP contribution is 2.23. The van der Waals surface area contributed by atoms with E-state index < -0.39 is 0 Å². The van der Waals surface area contributed by atoms with E-state index in [1.807, 2.05) is 24.3 Å². The molecule has 2 N–H and O–H groups in total. The number of aromatic nitrogens is 2. The molecule has 0 saturated carbocycles. The van der Waals surface area contributed by atoms with Gasteiger partial charge in [0.2, 0.25) is 5.95 Å². The van der Waals surface area contributed by atoms with Crippen molar-refractivity contribution in [3.63, 3.8) is 0 Å². The van der Waals surface area contributed by atoms with E-state index >= 15 is 0 Å². The van der Waals surface area contributed by atoms with Gasteiger partial charge in [-0.3, -0.25) is 0 Å². The van der Waals surface area contributed by atoms with Crippen LogP contribution in [-0.4, -0.2) is 9.55 Å². The summed E-state index contributed by atoms with van der Waals surface area (Å²) in [6, 6.07) is 12.3. The molecule has 3 nitrogen and oxygen atoms in total. The van der Waals surface area contributed by atoms with Gasteiger partial charge in [0.25, 0.3) is 0 Å². The number of fused-ring (bicyclic) bond motifs is 1. The van der Waals surface area contributed by atoms with E-state index in [1.54, 1.807) is 10.6 Å². The van der Waals surface area contributed by atoms with Crippen LogP contribution in [0.1, 0.15) is 5.56 Å². The van der Waals surface area contributed by atoms with Crippen molar-refractivity contribution < 1.29 is 4.39 Å². The van der Waals surface area contributed by atoms with Crippen LogP contribution >= 0.6 is 15.9 Å². The van der Waals surface area contributed by atoms with Gasteiger partial charge in [-0.05, 0) is 29.8 Å². The van der Waals surface area contributed by atoms with Gasteiger partial charge in [0.1, 0.15) is 5.82 Å². The summed E-state index contributed by atoms with van der Waals surface area (Å²) in [5.74, 6) is 0.0946. The monoisotopic (exact) mass is 319 g/mol. The number of halogens is 2. The molecular formula is C14H11BrFN3. The fourth-order valence-corrected chi connectivity index (χ4v) is 2.49. The lowest BCUT2D eigenvalue weighted by atomic mass is 10.2. The number of nitrogens with zero attached hydrogens (tertiary/aromatic N) is 2. The van der Waals surface area contributed by atoms with E-state index in [1.165, 1.54) is 12.1 Å². The Morgan fingerprint density at radius 2 is 2.00 bits per heavy atom. The molecule has 0 saturated heterocycles. The van der Waals surface area contributed by atoms with E-state index in [9.17, 15) is 4.39 Å². The van der Waals surface area contributed by atoms with Crippen molar-refractivity contribution in [2.45, 2.75) is 6.54 Å². The Balaban J connectivity index is 2.12. The molecule has 3 rings (SSSR count). The van der Waals surface area contributed by atoms with Crippen LogP contribution in [0, 0.1) is 5.82 Å². The summed E-state index contributed by atoms with van der Waals surface area (Å²) in [7, 11) is 0. The first kappa shape index (κ1) is 12.2. The van der Waals surface area contributed by atoms with Crippen LogP contribution in [0.3, 0.4) is 0 Å². The van der Waals surface area contributed by atoms with Crippen LogP contribution < -0.4 is 5.73 Å². The van der Waals surface area contributed by atoms with E-state index in [0.717, 1.165) is 10.0 Å². The first-order chi connectivity index (χ1) is 9.15. The zero-order chi connectivity index (χ0) is 13.4. The minimum atomic E-state index is -0.291. The third-order valence-corrected chi connectivity index (χ3v) is 3.80. The Labute approximate surface area is 118 Å². The fraction of sp³-hybridized carbons (Fsp3) is 0.0714. The van der Waals surface area contributed by atoms with Crippen molar-refractivity contribution in [3.8, 4) is 0 Å². The summed E-state index contributed by atoms with van der Waals surface area (Å²) in [4.78, 5) is 4.24. The maximum Gasteiger partial charge on any atom is 0.201 e. The molecule has 5 heteroatoms. The zero-order valence-electron chi connectivity index (χ0n) is 9.98. The van der Waals surface area contributed by atoms with Crippen LogP contribution in [0.15, 0.2) is 46.9 Å². The molecule has 1 heterocycles. The molecular weight excluding hydrogens is 309 g/mol. The highest BCUT2D eigenvalue weighted by molar-refractivity contribution is 9.10. The van der Waals surface area contributed by atoms with Gasteiger partial charge in [0.15, 0.2) is 0 Å². The van der Waals surface area contributed by atoms with Crippen molar-refractivity contribution in [1.82, 2.24) is 9.55 Å². The van der Waals surface area contributed by atoms with Crippen LogP contribution in [0.5, 0.6) is 0 Å². The number of hydrogen-bond acceptors (Lipinski definition) is 2. The van der Waals surface area contributed by atoms with Crippen LogP contribution in [-0.2, 0) is 6.54 Å². The first-order valence-electron chi connectivity index (χ1n) is 5.80. The number of nitrogen functional groups attached to an aromatic ring is 1. The minimum absolute atomic E-state index is 0.291. The molecule has 0 bridgehead atoms. The first-order valence-corrected chi connectivity index (χ1v) is 6.59. The van der Waals surface area contributed by atoms with Crippen molar-refractivity contribution in [2.24, 2.45) is 0 Å². The summed E-state index contributed by atoms with van der Waals surface area (Å²) in [6.07, 6.45) is 0. The molecule has 0 radical (unpaired) electrons. The van der Waals surface area contributed by atoms with Gasteiger partial charge in [-0.2, -0.15) is 0 Å². The molecule has 19 heavy (non-hydrogen) atoms. The molecule has 0 fully saturated rings. The Morgan fingerprint density at radius 3 is 2.79 bits per heavy atom.